The fourth-order valence-electron chi connectivity index (χ4n) is 0.808. The van der Waals surface area contributed by atoms with Crippen LogP contribution in [0, 0.1) is 23.0 Å². The van der Waals surface area contributed by atoms with E-state index in [4.69, 9.17) is 10.4 Å². The molecule has 62 valence electrons. The van der Waals surface area contributed by atoms with Crippen molar-refractivity contribution in [2.45, 2.75) is 6.10 Å². The maximum Gasteiger partial charge on any atom is 0.166 e. The zero-order chi connectivity index (χ0) is 9.14. The van der Waals surface area contributed by atoms with E-state index in [0.717, 1.165) is 12.1 Å². The van der Waals surface area contributed by atoms with Gasteiger partial charge in [0.15, 0.2) is 6.10 Å². The molecule has 1 N–H and O–H groups in total. The molecule has 2 nitrogen and oxygen atoms in total. The standard InChI is InChI=1S/C8H5F2NO/c9-6-1-5(8(12)4-11)2-7(10)3-6/h1-3,8,12H. The van der Waals surface area contributed by atoms with E-state index < -0.39 is 17.7 Å². The number of rotatable bonds is 1. The Kier molecular flexibility index (Phi) is 2.36. The molecule has 0 aliphatic rings. The summed E-state index contributed by atoms with van der Waals surface area (Å²) in [4.78, 5) is 0. The van der Waals surface area contributed by atoms with Crippen molar-refractivity contribution >= 4 is 0 Å². The zero-order valence-electron chi connectivity index (χ0n) is 5.96. The van der Waals surface area contributed by atoms with Gasteiger partial charge >= 0.3 is 0 Å². The Morgan fingerprint density at radius 1 is 1.25 bits per heavy atom. The highest BCUT2D eigenvalue weighted by Crippen LogP contribution is 2.14. The van der Waals surface area contributed by atoms with Crippen molar-refractivity contribution in [3.05, 3.63) is 35.4 Å². The molecular weight excluding hydrogens is 164 g/mol. The third-order valence-electron chi connectivity index (χ3n) is 1.32. The number of hydrogen-bond donors (Lipinski definition) is 1. The van der Waals surface area contributed by atoms with E-state index in [1.165, 1.54) is 6.07 Å². The average molecular weight is 169 g/mol. The summed E-state index contributed by atoms with van der Waals surface area (Å²) < 4.78 is 24.9. The highest BCUT2D eigenvalue weighted by atomic mass is 19.1. The lowest BCUT2D eigenvalue weighted by Gasteiger charge is -2.01. The molecule has 0 aromatic heterocycles. The van der Waals surface area contributed by atoms with Crippen LogP contribution in [-0.2, 0) is 0 Å². The molecule has 0 saturated heterocycles. The van der Waals surface area contributed by atoms with E-state index >= 15 is 0 Å². The number of aliphatic hydroxyl groups excluding tert-OH is 1. The van der Waals surface area contributed by atoms with E-state index in [-0.39, 0.29) is 5.56 Å². The molecule has 0 aliphatic heterocycles. The van der Waals surface area contributed by atoms with Crippen molar-refractivity contribution in [2.75, 3.05) is 0 Å². The molecule has 0 aliphatic carbocycles. The van der Waals surface area contributed by atoms with Gasteiger partial charge in [0, 0.05) is 11.6 Å². The van der Waals surface area contributed by atoms with Gasteiger partial charge < -0.3 is 5.11 Å². The van der Waals surface area contributed by atoms with Gasteiger partial charge in [-0.2, -0.15) is 5.26 Å². The quantitative estimate of drug-likeness (QED) is 0.647. The number of benzene rings is 1. The summed E-state index contributed by atoms with van der Waals surface area (Å²) in [6, 6.07) is 3.96. The first-order chi connectivity index (χ1) is 5.63. The predicted octanol–water partition coefficient (Wildman–Crippen LogP) is 1.52. The smallest absolute Gasteiger partial charge is 0.166 e. The normalized spacial score (nSPS) is 12.2. The van der Waals surface area contributed by atoms with Crippen molar-refractivity contribution in [3.8, 4) is 6.07 Å². The van der Waals surface area contributed by atoms with Crippen LogP contribution in [0.5, 0.6) is 0 Å². The molecule has 12 heavy (non-hydrogen) atoms. The van der Waals surface area contributed by atoms with Gasteiger partial charge in [0.1, 0.15) is 11.6 Å². The van der Waals surface area contributed by atoms with Gasteiger partial charge in [0.2, 0.25) is 0 Å². The van der Waals surface area contributed by atoms with Crippen molar-refractivity contribution in [1.82, 2.24) is 0 Å². The highest BCUT2D eigenvalue weighted by Gasteiger charge is 2.08. The van der Waals surface area contributed by atoms with Crippen molar-refractivity contribution in [1.29, 1.82) is 5.26 Å². The number of halogens is 2. The molecule has 0 spiro atoms. The van der Waals surface area contributed by atoms with Crippen LogP contribution in [0.4, 0.5) is 8.78 Å². The lowest BCUT2D eigenvalue weighted by atomic mass is 10.1. The van der Waals surface area contributed by atoms with Gasteiger partial charge in [-0.1, -0.05) is 0 Å². The van der Waals surface area contributed by atoms with Crippen molar-refractivity contribution < 1.29 is 13.9 Å². The molecule has 1 aromatic carbocycles. The van der Waals surface area contributed by atoms with Crippen molar-refractivity contribution in [2.24, 2.45) is 0 Å². The zero-order valence-corrected chi connectivity index (χ0v) is 5.96. The third-order valence-corrected chi connectivity index (χ3v) is 1.32. The molecule has 0 bridgehead atoms. The Bertz CT molecular complexity index is 312. The van der Waals surface area contributed by atoms with Crippen LogP contribution in [-0.4, -0.2) is 5.11 Å². The average Bonchev–Trinajstić information content (AvgIpc) is 2.01. The second kappa shape index (κ2) is 3.28. The van der Waals surface area contributed by atoms with Crippen molar-refractivity contribution in [3.63, 3.8) is 0 Å². The van der Waals surface area contributed by atoms with Gasteiger partial charge in [-0.3, -0.25) is 0 Å². The molecule has 0 heterocycles. The SMILES string of the molecule is N#CC(O)c1cc(F)cc(F)c1. The van der Waals surface area contributed by atoms with Crippen LogP contribution in [0.2, 0.25) is 0 Å². The number of nitriles is 1. The summed E-state index contributed by atoms with van der Waals surface area (Å²) in [5.74, 6) is -1.61. The Morgan fingerprint density at radius 2 is 1.75 bits per heavy atom. The van der Waals surface area contributed by atoms with Gasteiger partial charge in [-0.05, 0) is 12.1 Å². The van der Waals surface area contributed by atoms with Crippen LogP contribution in [0.3, 0.4) is 0 Å². The summed E-state index contributed by atoms with van der Waals surface area (Å²) in [7, 11) is 0. The molecular formula is C8H5F2NO. The molecule has 0 amide bonds. The summed E-state index contributed by atoms with van der Waals surface area (Å²) in [6.07, 6.45) is -1.48. The fourth-order valence-corrected chi connectivity index (χ4v) is 0.808. The Labute approximate surface area is 67.7 Å². The molecule has 1 atom stereocenters. The molecule has 1 rings (SSSR count). The molecule has 1 aromatic rings. The summed E-state index contributed by atoms with van der Waals surface area (Å²) >= 11 is 0. The van der Waals surface area contributed by atoms with Crippen LogP contribution < -0.4 is 0 Å². The maximum atomic E-state index is 12.5. The molecule has 0 radical (unpaired) electrons. The molecule has 0 fully saturated rings. The predicted molar refractivity (Wildman–Crippen MR) is 36.9 cm³/mol. The number of hydrogen-bond acceptors (Lipinski definition) is 2. The largest absolute Gasteiger partial charge is 0.374 e. The number of nitrogens with zero attached hydrogens (tertiary/aromatic N) is 1. The first kappa shape index (κ1) is 8.62. The van der Waals surface area contributed by atoms with E-state index in [2.05, 4.69) is 0 Å². The molecule has 4 heteroatoms. The minimum Gasteiger partial charge on any atom is -0.374 e. The highest BCUT2D eigenvalue weighted by molar-refractivity contribution is 5.23. The van der Waals surface area contributed by atoms with Gasteiger partial charge in [0.05, 0.1) is 6.07 Å². The number of aliphatic hydroxyl groups is 1. The van der Waals surface area contributed by atoms with Crippen LogP contribution >= 0.6 is 0 Å². The van der Waals surface area contributed by atoms with Gasteiger partial charge in [-0.25, -0.2) is 8.78 Å². The Morgan fingerprint density at radius 3 is 2.17 bits per heavy atom. The minimum atomic E-state index is -1.48. The van der Waals surface area contributed by atoms with E-state index in [9.17, 15) is 8.78 Å². The lowest BCUT2D eigenvalue weighted by molar-refractivity contribution is 0.235. The van der Waals surface area contributed by atoms with Crippen LogP contribution in [0.25, 0.3) is 0 Å². The minimum absolute atomic E-state index is 0.0741. The second-order valence-corrected chi connectivity index (χ2v) is 2.23. The molecule has 1 unspecified atom stereocenters. The summed E-state index contributed by atoms with van der Waals surface area (Å²) in [6.45, 7) is 0. The molecule has 0 saturated carbocycles. The van der Waals surface area contributed by atoms with Crippen LogP contribution in [0.1, 0.15) is 11.7 Å². The van der Waals surface area contributed by atoms with E-state index in [1.54, 1.807) is 0 Å². The second-order valence-electron chi connectivity index (χ2n) is 2.23. The van der Waals surface area contributed by atoms with Gasteiger partial charge in [0.25, 0.3) is 0 Å². The third kappa shape index (κ3) is 1.77. The summed E-state index contributed by atoms with van der Waals surface area (Å²) in [5.41, 5.74) is -0.0741. The van der Waals surface area contributed by atoms with Crippen LogP contribution in [0.15, 0.2) is 18.2 Å². The van der Waals surface area contributed by atoms with E-state index in [1.807, 2.05) is 0 Å². The Balaban J connectivity index is 3.10. The first-order valence-corrected chi connectivity index (χ1v) is 3.17. The van der Waals surface area contributed by atoms with Gasteiger partial charge in [-0.15, -0.1) is 0 Å². The topological polar surface area (TPSA) is 44.0 Å². The fraction of sp³-hybridized carbons (Fsp3) is 0.125. The maximum absolute atomic E-state index is 12.5. The Hall–Kier alpha value is -1.47. The lowest BCUT2D eigenvalue weighted by Crippen LogP contribution is -1.95. The first-order valence-electron chi connectivity index (χ1n) is 3.17. The van der Waals surface area contributed by atoms with E-state index in [0.29, 0.717) is 6.07 Å². The summed E-state index contributed by atoms with van der Waals surface area (Å²) in [5, 5.41) is 17.1. The monoisotopic (exact) mass is 169 g/mol.